The van der Waals surface area contributed by atoms with Crippen molar-refractivity contribution in [2.45, 2.75) is 44.2 Å². The molecule has 1 aliphatic carbocycles. The number of aliphatic hydroxyl groups is 1. The molecule has 0 bridgehead atoms. The van der Waals surface area contributed by atoms with Gasteiger partial charge in [0.25, 0.3) is 0 Å². The molecule has 4 rings (SSSR count). The minimum absolute atomic E-state index is 0.0762. The molecule has 1 atom stereocenters. The van der Waals surface area contributed by atoms with Gasteiger partial charge in [-0.25, -0.2) is 4.98 Å². The van der Waals surface area contributed by atoms with Gasteiger partial charge in [0.2, 0.25) is 11.7 Å². The maximum absolute atomic E-state index is 12.7. The number of carbonyl (C=O) groups is 1. The second-order valence-electron chi connectivity index (χ2n) is 9.64. The number of rotatable bonds is 8. The molecule has 0 spiro atoms. The summed E-state index contributed by atoms with van der Waals surface area (Å²) in [5, 5.41) is 12.0. The number of benzene rings is 2. The van der Waals surface area contributed by atoms with E-state index in [-0.39, 0.29) is 11.7 Å². The predicted octanol–water partition coefficient (Wildman–Crippen LogP) is 4.95. The first kappa shape index (κ1) is 22.4. The van der Waals surface area contributed by atoms with Gasteiger partial charge in [0.05, 0.1) is 20.3 Å². The van der Waals surface area contributed by atoms with Crippen molar-refractivity contribution in [1.29, 1.82) is 0 Å². The summed E-state index contributed by atoms with van der Waals surface area (Å²) in [6, 6.07) is 19.1. The van der Waals surface area contributed by atoms with Crippen LogP contribution in [0.5, 0.6) is 0 Å². The number of Topliss-reactive ketones (excluding diaryl/α,β-unsaturated/α-hetero) is 1. The summed E-state index contributed by atoms with van der Waals surface area (Å²) in [6.07, 6.45) is 7.04. The molecule has 2 aromatic carbocycles. The van der Waals surface area contributed by atoms with Crippen molar-refractivity contribution >= 4 is 5.78 Å². The Bertz CT molecular complexity index is 1020. The molecule has 0 radical (unpaired) electrons. The van der Waals surface area contributed by atoms with Crippen LogP contribution in [0.3, 0.4) is 0 Å². The third-order valence-electron chi connectivity index (χ3n) is 6.54. The van der Waals surface area contributed by atoms with Gasteiger partial charge in [0.1, 0.15) is 13.1 Å². The Morgan fingerprint density at radius 2 is 1.66 bits per heavy atom. The Balaban J connectivity index is 1.56. The lowest BCUT2D eigenvalue weighted by Gasteiger charge is -2.36. The topological polar surface area (TPSA) is 63.3 Å². The Morgan fingerprint density at radius 3 is 2.31 bits per heavy atom. The number of carbonyl (C=O) groups excluding carboxylic acids is 1. The first-order chi connectivity index (χ1) is 15.4. The fraction of sp³-hybridized carbons (Fsp3) is 0.407. The van der Waals surface area contributed by atoms with Gasteiger partial charge >= 0.3 is 0 Å². The minimum Gasteiger partial charge on any atom is -0.436 e. The molecular weight excluding hydrogens is 400 g/mol. The zero-order chi connectivity index (χ0) is 22.6. The SMILES string of the molecule is C[N+](C)(CC(=O)c1ccccc1)Cc1cnc(C(O)(c2ccccc2)C2CCCCC2)o1. The van der Waals surface area contributed by atoms with Crippen LogP contribution in [0.15, 0.2) is 71.3 Å². The molecule has 1 heterocycles. The number of hydrogen-bond acceptors (Lipinski definition) is 4. The van der Waals surface area contributed by atoms with Crippen molar-refractivity contribution < 1.29 is 18.8 Å². The van der Waals surface area contributed by atoms with Crippen molar-refractivity contribution in [1.82, 2.24) is 4.98 Å². The molecule has 1 N–H and O–H groups in total. The Morgan fingerprint density at radius 1 is 1.03 bits per heavy atom. The molecule has 1 saturated carbocycles. The van der Waals surface area contributed by atoms with Crippen LogP contribution in [0.1, 0.15) is 59.7 Å². The van der Waals surface area contributed by atoms with Crippen molar-refractivity contribution in [3.63, 3.8) is 0 Å². The predicted molar refractivity (Wildman–Crippen MR) is 124 cm³/mol. The third kappa shape index (κ3) is 4.84. The smallest absolute Gasteiger partial charge is 0.231 e. The Labute approximate surface area is 190 Å². The molecule has 1 fully saturated rings. The van der Waals surface area contributed by atoms with E-state index in [1.807, 2.05) is 74.8 Å². The highest BCUT2D eigenvalue weighted by atomic mass is 16.4. The van der Waals surface area contributed by atoms with E-state index >= 15 is 0 Å². The number of aromatic nitrogens is 1. The van der Waals surface area contributed by atoms with Gasteiger partial charge in [-0.15, -0.1) is 0 Å². The fourth-order valence-corrected chi connectivity index (χ4v) is 4.89. The highest BCUT2D eigenvalue weighted by Crippen LogP contribution is 2.43. The fourth-order valence-electron chi connectivity index (χ4n) is 4.89. The van der Waals surface area contributed by atoms with Gasteiger partial charge in [-0.05, 0) is 18.4 Å². The summed E-state index contributed by atoms with van der Waals surface area (Å²) in [7, 11) is 4.02. The molecule has 3 aromatic rings. The quantitative estimate of drug-likeness (QED) is 0.403. The standard InChI is InChI=1S/C27H33N2O3/c1-29(2,20-25(30)21-12-6-3-7-13-21)19-24-18-28-26(32-24)27(31,22-14-8-4-9-15-22)23-16-10-5-11-17-23/h3-4,6-9,12-15,18,23,31H,5,10-11,16-17,19-20H2,1-2H3/q+1. The molecule has 1 unspecified atom stereocenters. The molecular formula is C27H33N2O3+. The zero-order valence-corrected chi connectivity index (χ0v) is 19.0. The highest BCUT2D eigenvalue weighted by Gasteiger charge is 2.44. The van der Waals surface area contributed by atoms with Crippen molar-refractivity contribution in [2.75, 3.05) is 20.6 Å². The third-order valence-corrected chi connectivity index (χ3v) is 6.54. The Hall–Kier alpha value is -2.76. The van der Waals surface area contributed by atoms with E-state index in [2.05, 4.69) is 4.98 Å². The molecule has 5 heteroatoms. The van der Waals surface area contributed by atoms with Gasteiger partial charge in [-0.2, -0.15) is 0 Å². The largest absolute Gasteiger partial charge is 0.436 e. The maximum atomic E-state index is 12.7. The summed E-state index contributed by atoms with van der Waals surface area (Å²) in [6.45, 7) is 0.868. The van der Waals surface area contributed by atoms with E-state index in [0.717, 1.165) is 31.2 Å². The van der Waals surface area contributed by atoms with Crippen LogP contribution in [0.25, 0.3) is 0 Å². The van der Waals surface area contributed by atoms with Gasteiger partial charge < -0.3 is 14.0 Å². The molecule has 0 aliphatic heterocycles. The van der Waals surface area contributed by atoms with Gasteiger partial charge in [-0.3, -0.25) is 4.79 Å². The number of quaternary nitrogens is 1. The van der Waals surface area contributed by atoms with E-state index in [0.29, 0.717) is 34.8 Å². The average molecular weight is 434 g/mol. The number of likely N-dealkylation sites (N-methyl/N-ethyl adjacent to an activating group) is 1. The number of oxazole rings is 1. The number of nitrogens with zero attached hydrogens (tertiary/aromatic N) is 2. The molecule has 168 valence electrons. The lowest BCUT2D eigenvalue weighted by Crippen LogP contribution is -2.43. The van der Waals surface area contributed by atoms with Crippen molar-refractivity contribution in [2.24, 2.45) is 5.92 Å². The maximum Gasteiger partial charge on any atom is 0.231 e. The van der Waals surface area contributed by atoms with Crippen LogP contribution in [0, 0.1) is 5.92 Å². The summed E-state index contributed by atoms with van der Waals surface area (Å²) in [5.74, 6) is 1.21. The van der Waals surface area contributed by atoms with E-state index < -0.39 is 5.60 Å². The van der Waals surface area contributed by atoms with Crippen molar-refractivity contribution in [3.8, 4) is 0 Å². The second kappa shape index (κ2) is 9.39. The Kier molecular flexibility index (Phi) is 6.58. The summed E-state index contributed by atoms with van der Waals surface area (Å²) < 4.78 is 6.63. The summed E-state index contributed by atoms with van der Waals surface area (Å²) >= 11 is 0. The van der Waals surface area contributed by atoms with Crippen LogP contribution in [-0.4, -0.2) is 41.0 Å². The van der Waals surface area contributed by atoms with Crippen LogP contribution in [0.4, 0.5) is 0 Å². The molecule has 0 amide bonds. The first-order valence-corrected chi connectivity index (χ1v) is 11.5. The van der Waals surface area contributed by atoms with E-state index in [4.69, 9.17) is 4.42 Å². The second-order valence-corrected chi connectivity index (χ2v) is 9.64. The monoisotopic (exact) mass is 433 g/mol. The molecule has 1 aromatic heterocycles. The number of hydrogen-bond donors (Lipinski definition) is 1. The van der Waals surface area contributed by atoms with Crippen LogP contribution >= 0.6 is 0 Å². The highest BCUT2D eigenvalue weighted by molar-refractivity contribution is 5.96. The van der Waals surface area contributed by atoms with E-state index in [1.54, 1.807) is 6.20 Å². The molecule has 0 saturated heterocycles. The van der Waals surface area contributed by atoms with Gasteiger partial charge in [-0.1, -0.05) is 79.9 Å². The van der Waals surface area contributed by atoms with Crippen LogP contribution < -0.4 is 0 Å². The van der Waals surface area contributed by atoms with Crippen LogP contribution in [0.2, 0.25) is 0 Å². The first-order valence-electron chi connectivity index (χ1n) is 11.5. The van der Waals surface area contributed by atoms with Gasteiger partial charge in [0, 0.05) is 11.5 Å². The molecule has 1 aliphatic rings. The van der Waals surface area contributed by atoms with E-state index in [9.17, 15) is 9.90 Å². The minimum atomic E-state index is -1.24. The van der Waals surface area contributed by atoms with Crippen LogP contribution in [-0.2, 0) is 12.1 Å². The molecule has 5 nitrogen and oxygen atoms in total. The lowest BCUT2D eigenvalue weighted by atomic mass is 9.73. The summed E-state index contributed by atoms with van der Waals surface area (Å²) in [5.41, 5.74) is 0.303. The normalized spacial score (nSPS) is 17.1. The summed E-state index contributed by atoms with van der Waals surface area (Å²) in [4.78, 5) is 17.3. The zero-order valence-electron chi connectivity index (χ0n) is 19.0. The molecule has 32 heavy (non-hydrogen) atoms. The van der Waals surface area contributed by atoms with Crippen molar-refractivity contribution in [3.05, 3.63) is 89.6 Å². The number of ketones is 1. The lowest BCUT2D eigenvalue weighted by molar-refractivity contribution is -0.896. The van der Waals surface area contributed by atoms with Gasteiger partial charge in [0.15, 0.2) is 11.4 Å². The van der Waals surface area contributed by atoms with E-state index in [1.165, 1.54) is 6.42 Å². The average Bonchev–Trinajstić information content (AvgIpc) is 3.28.